The van der Waals surface area contributed by atoms with Crippen LogP contribution in [0, 0.1) is 0 Å². The summed E-state index contributed by atoms with van der Waals surface area (Å²) >= 11 is 0. The third-order valence-corrected chi connectivity index (χ3v) is 4.06. The van der Waals surface area contributed by atoms with E-state index in [4.69, 9.17) is 5.73 Å². The predicted molar refractivity (Wildman–Crippen MR) is 101 cm³/mol. The smallest absolute Gasteiger partial charge is 0.251 e. The second-order valence-electron chi connectivity index (χ2n) is 6.09. The van der Waals surface area contributed by atoms with Crippen LogP contribution in [0.1, 0.15) is 29.3 Å². The van der Waals surface area contributed by atoms with Crippen molar-refractivity contribution in [3.05, 3.63) is 65.7 Å². The Kier molecular flexibility index (Phi) is 6.57. The second-order valence-corrected chi connectivity index (χ2v) is 6.09. The van der Waals surface area contributed by atoms with Crippen molar-refractivity contribution >= 4 is 17.5 Å². The van der Waals surface area contributed by atoms with Crippen LogP contribution in [0.15, 0.2) is 54.6 Å². The Morgan fingerprint density at radius 3 is 2.28 bits per heavy atom. The third-order valence-electron chi connectivity index (χ3n) is 4.06. The number of anilines is 1. The van der Waals surface area contributed by atoms with E-state index in [-0.39, 0.29) is 5.91 Å². The molecule has 0 heterocycles. The average Bonchev–Trinajstić information content (AvgIpc) is 2.62. The van der Waals surface area contributed by atoms with Crippen LogP contribution in [-0.4, -0.2) is 31.4 Å². The summed E-state index contributed by atoms with van der Waals surface area (Å²) in [5.74, 6) is -0.846. The molecule has 5 nitrogen and oxygen atoms in total. The van der Waals surface area contributed by atoms with Gasteiger partial charge in [-0.25, -0.2) is 0 Å². The van der Waals surface area contributed by atoms with E-state index in [1.54, 1.807) is 12.1 Å². The Balaban J connectivity index is 2.04. The molecule has 0 aromatic heterocycles. The zero-order valence-corrected chi connectivity index (χ0v) is 14.7. The molecule has 0 unspecified atom stereocenters. The summed E-state index contributed by atoms with van der Waals surface area (Å²) in [6, 6.07) is 16.1. The summed E-state index contributed by atoms with van der Waals surface area (Å²) in [6.45, 7) is 3.07. The van der Waals surface area contributed by atoms with E-state index >= 15 is 0 Å². The van der Waals surface area contributed by atoms with Crippen LogP contribution in [0.4, 0.5) is 5.69 Å². The van der Waals surface area contributed by atoms with Gasteiger partial charge in [0.05, 0.1) is 0 Å². The molecular formula is C20H25N3O2. The van der Waals surface area contributed by atoms with Gasteiger partial charge in [0.1, 0.15) is 6.04 Å². The number of nitrogens with two attached hydrogens (primary N) is 1. The molecule has 0 aliphatic carbocycles. The van der Waals surface area contributed by atoms with Gasteiger partial charge in [0.15, 0.2) is 0 Å². The number of nitrogens with one attached hydrogen (secondary N) is 1. The van der Waals surface area contributed by atoms with Crippen molar-refractivity contribution in [1.29, 1.82) is 0 Å². The molecule has 0 saturated heterocycles. The van der Waals surface area contributed by atoms with Gasteiger partial charge in [0.2, 0.25) is 5.91 Å². The summed E-state index contributed by atoms with van der Waals surface area (Å²) in [5.41, 5.74) is 7.95. The quantitative estimate of drug-likeness (QED) is 0.775. The fraction of sp³-hybridized carbons (Fsp3) is 0.300. The van der Waals surface area contributed by atoms with Crippen LogP contribution in [0.2, 0.25) is 0 Å². The number of carbonyl (C=O) groups is 2. The number of rotatable bonds is 8. The first-order valence-corrected chi connectivity index (χ1v) is 8.46. The lowest BCUT2D eigenvalue weighted by Crippen LogP contribution is -2.45. The van der Waals surface area contributed by atoms with Gasteiger partial charge in [-0.05, 0) is 36.2 Å². The maximum Gasteiger partial charge on any atom is 0.251 e. The zero-order valence-electron chi connectivity index (χ0n) is 14.7. The molecule has 25 heavy (non-hydrogen) atoms. The van der Waals surface area contributed by atoms with Gasteiger partial charge in [0.25, 0.3) is 5.91 Å². The number of nitrogens with zero attached hydrogens (tertiary/aromatic N) is 1. The van der Waals surface area contributed by atoms with Gasteiger partial charge in [-0.3, -0.25) is 9.59 Å². The van der Waals surface area contributed by atoms with Crippen molar-refractivity contribution in [2.45, 2.75) is 25.8 Å². The minimum Gasteiger partial charge on any atom is -0.375 e. The molecule has 2 rings (SSSR count). The van der Waals surface area contributed by atoms with E-state index < -0.39 is 11.9 Å². The van der Waals surface area contributed by atoms with Gasteiger partial charge in [-0.15, -0.1) is 0 Å². The molecule has 3 N–H and O–H groups in total. The first-order chi connectivity index (χ1) is 12.0. The Bertz CT molecular complexity index is 699. The second kappa shape index (κ2) is 8.87. The number of carbonyl (C=O) groups excluding carboxylic acids is 2. The summed E-state index contributed by atoms with van der Waals surface area (Å²) in [4.78, 5) is 26.2. The molecule has 2 aromatic rings. The molecule has 0 saturated carbocycles. The van der Waals surface area contributed by atoms with Crippen LogP contribution < -0.4 is 16.0 Å². The largest absolute Gasteiger partial charge is 0.375 e. The molecule has 2 amide bonds. The highest BCUT2D eigenvalue weighted by Crippen LogP contribution is 2.14. The SMILES string of the molecule is CCCN(C)c1ccc(C(=O)N[C@@H](Cc2ccccc2)C(N)=O)cc1. The fourth-order valence-electron chi connectivity index (χ4n) is 2.65. The molecule has 0 aliphatic heterocycles. The van der Waals surface area contributed by atoms with Crippen molar-refractivity contribution in [2.24, 2.45) is 5.73 Å². The minimum absolute atomic E-state index is 0.301. The van der Waals surface area contributed by atoms with Crippen molar-refractivity contribution in [3.8, 4) is 0 Å². The molecular weight excluding hydrogens is 314 g/mol. The lowest BCUT2D eigenvalue weighted by atomic mass is 10.0. The molecule has 2 aromatic carbocycles. The maximum absolute atomic E-state index is 12.4. The Hall–Kier alpha value is -2.82. The van der Waals surface area contributed by atoms with E-state index in [9.17, 15) is 9.59 Å². The number of hydrogen-bond donors (Lipinski definition) is 2. The lowest BCUT2D eigenvalue weighted by molar-refractivity contribution is -0.119. The molecule has 0 spiro atoms. The van der Waals surface area contributed by atoms with E-state index in [1.807, 2.05) is 49.5 Å². The fourth-order valence-corrected chi connectivity index (χ4v) is 2.65. The number of benzene rings is 2. The monoisotopic (exact) mass is 339 g/mol. The van der Waals surface area contributed by atoms with Gasteiger partial charge >= 0.3 is 0 Å². The molecule has 132 valence electrons. The van der Waals surface area contributed by atoms with Crippen molar-refractivity contribution in [1.82, 2.24) is 5.32 Å². The van der Waals surface area contributed by atoms with Crippen LogP contribution in [0.5, 0.6) is 0 Å². The first kappa shape index (κ1) is 18.5. The molecule has 0 fully saturated rings. The van der Waals surface area contributed by atoms with Gasteiger partial charge in [-0.2, -0.15) is 0 Å². The van der Waals surface area contributed by atoms with Gasteiger partial charge in [-0.1, -0.05) is 37.3 Å². The van der Waals surface area contributed by atoms with E-state index in [0.717, 1.165) is 24.2 Å². The number of amides is 2. The molecule has 0 bridgehead atoms. The summed E-state index contributed by atoms with van der Waals surface area (Å²) in [7, 11) is 2.02. The first-order valence-electron chi connectivity index (χ1n) is 8.46. The van der Waals surface area contributed by atoms with Crippen molar-refractivity contribution in [2.75, 3.05) is 18.5 Å². The molecule has 0 aliphatic rings. The molecule has 1 atom stereocenters. The average molecular weight is 339 g/mol. The Morgan fingerprint density at radius 1 is 1.08 bits per heavy atom. The summed E-state index contributed by atoms with van der Waals surface area (Å²) in [6.07, 6.45) is 1.43. The highest BCUT2D eigenvalue weighted by Gasteiger charge is 2.19. The molecule has 0 radical (unpaired) electrons. The summed E-state index contributed by atoms with van der Waals surface area (Å²) in [5, 5.41) is 2.73. The minimum atomic E-state index is -0.739. The van der Waals surface area contributed by atoms with Crippen LogP contribution in [-0.2, 0) is 11.2 Å². The Labute approximate surface area is 148 Å². The van der Waals surface area contributed by atoms with Crippen LogP contribution >= 0.6 is 0 Å². The summed E-state index contributed by atoms with van der Waals surface area (Å²) < 4.78 is 0. The van der Waals surface area contributed by atoms with E-state index in [2.05, 4.69) is 17.1 Å². The van der Waals surface area contributed by atoms with E-state index in [1.165, 1.54) is 0 Å². The number of hydrogen-bond acceptors (Lipinski definition) is 3. The van der Waals surface area contributed by atoms with Crippen molar-refractivity contribution in [3.63, 3.8) is 0 Å². The lowest BCUT2D eigenvalue weighted by Gasteiger charge is -2.19. The van der Waals surface area contributed by atoms with Crippen LogP contribution in [0.3, 0.4) is 0 Å². The van der Waals surface area contributed by atoms with Crippen molar-refractivity contribution < 1.29 is 9.59 Å². The zero-order chi connectivity index (χ0) is 18.2. The topological polar surface area (TPSA) is 75.4 Å². The van der Waals surface area contributed by atoms with Gasteiger partial charge < -0.3 is 16.0 Å². The molecule has 5 heteroatoms. The van der Waals surface area contributed by atoms with Crippen LogP contribution in [0.25, 0.3) is 0 Å². The standard InChI is InChI=1S/C20H25N3O2/c1-3-13-23(2)17-11-9-16(10-12-17)20(25)22-18(19(21)24)14-15-7-5-4-6-8-15/h4-12,18H,3,13-14H2,1-2H3,(H2,21,24)(H,22,25)/t18-/m0/s1. The third kappa shape index (κ3) is 5.35. The van der Waals surface area contributed by atoms with E-state index in [0.29, 0.717) is 12.0 Å². The van der Waals surface area contributed by atoms with Gasteiger partial charge in [0, 0.05) is 31.3 Å². The highest BCUT2D eigenvalue weighted by atomic mass is 16.2. The normalized spacial score (nSPS) is 11.6. The Morgan fingerprint density at radius 2 is 1.72 bits per heavy atom. The highest BCUT2D eigenvalue weighted by molar-refractivity contribution is 5.97. The number of primary amides is 1. The maximum atomic E-state index is 12.4. The predicted octanol–water partition coefficient (Wildman–Crippen LogP) is 2.36.